The van der Waals surface area contributed by atoms with Crippen LogP contribution in [-0.4, -0.2) is 33.7 Å². The van der Waals surface area contributed by atoms with Gasteiger partial charge in [0.1, 0.15) is 13.2 Å². The number of nitrogens with zero attached hydrogens (tertiary/aromatic N) is 2. The molecule has 2 atom stereocenters. The number of aliphatic carboxylic acids is 1. The second-order valence-corrected chi connectivity index (χ2v) is 5.31. The summed E-state index contributed by atoms with van der Waals surface area (Å²) in [6.45, 7) is 3.00. The number of carboxylic acids is 1. The maximum Gasteiger partial charge on any atom is 0.308 e. The van der Waals surface area contributed by atoms with E-state index in [1.165, 1.54) is 0 Å². The number of aryl methyl sites for hydroxylation is 1. The normalized spacial score (nSPS) is 13.2. The van der Waals surface area contributed by atoms with E-state index in [9.17, 15) is 14.7 Å². The van der Waals surface area contributed by atoms with Gasteiger partial charge in [-0.1, -0.05) is 35.5 Å². The molecule has 8 nitrogen and oxygen atoms in total. The van der Waals surface area contributed by atoms with Crippen molar-refractivity contribution in [3.05, 3.63) is 47.6 Å². The first kappa shape index (κ1) is 17.6. The highest BCUT2D eigenvalue weighted by molar-refractivity contribution is 5.79. The van der Waals surface area contributed by atoms with Gasteiger partial charge in [-0.05, 0) is 19.4 Å². The lowest BCUT2D eigenvalue weighted by molar-refractivity contribution is -0.142. The van der Waals surface area contributed by atoms with Gasteiger partial charge in [-0.25, -0.2) is 0 Å². The first-order chi connectivity index (χ1) is 11.5. The molecule has 1 amide bonds. The number of amides is 1. The Labute approximate surface area is 138 Å². The van der Waals surface area contributed by atoms with Crippen molar-refractivity contribution >= 4 is 11.9 Å². The number of carbonyl (C=O) groups excluding carboxylic acids is 1. The van der Waals surface area contributed by atoms with Crippen LogP contribution in [0.1, 0.15) is 30.2 Å². The van der Waals surface area contributed by atoms with Crippen LogP contribution in [0.4, 0.5) is 0 Å². The Kier molecular flexibility index (Phi) is 6.02. The molecule has 0 aliphatic heterocycles. The Bertz CT molecular complexity index is 686. The van der Waals surface area contributed by atoms with Crippen molar-refractivity contribution < 1.29 is 24.0 Å². The van der Waals surface area contributed by atoms with Crippen LogP contribution >= 0.6 is 0 Å². The molecule has 2 rings (SSSR count). The van der Waals surface area contributed by atoms with Gasteiger partial charge < -0.3 is 19.7 Å². The lowest BCUT2D eigenvalue weighted by atomic mass is 9.94. The van der Waals surface area contributed by atoms with Crippen molar-refractivity contribution in [2.45, 2.75) is 26.5 Å². The summed E-state index contributed by atoms with van der Waals surface area (Å²) < 4.78 is 10.1. The number of nitrogens with one attached hydrogen (secondary N) is 1. The van der Waals surface area contributed by atoms with Crippen LogP contribution in [0.25, 0.3) is 0 Å². The van der Waals surface area contributed by atoms with Gasteiger partial charge >= 0.3 is 5.97 Å². The molecule has 0 bridgehead atoms. The minimum Gasteiger partial charge on any atom is -0.481 e. The molecule has 1 aromatic heterocycles. The SMILES string of the molecule is Cc1noc(COCC(=O)NC(c2ccccc2)C(C)C(=O)O)n1. The zero-order chi connectivity index (χ0) is 17.5. The topological polar surface area (TPSA) is 115 Å². The summed E-state index contributed by atoms with van der Waals surface area (Å²) in [6.07, 6.45) is 0. The van der Waals surface area contributed by atoms with Crippen molar-refractivity contribution in [1.29, 1.82) is 0 Å². The van der Waals surface area contributed by atoms with E-state index in [0.717, 1.165) is 0 Å². The summed E-state index contributed by atoms with van der Waals surface area (Å²) in [4.78, 5) is 27.3. The number of ether oxygens (including phenoxy) is 1. The molecule has 2 aromatic rings. The second-order valence-electron chi connectivity index (χ2n) is 5.31. The van der Waals surface area contributed by atoms with Crippen LogP contribution in [-0.2, 0) is 20.9 Å². The Balaban J connectivity index is 1.93. The molecule has 0 radical (unpaired) electrons. The number of carboxylic acid groups (broad SMARTS) is 1. The number of rotatable bonds is 8. The minimum absolute atomic E-state index is 0.0126. The zero-order valence-corrected chi connectivity index (χ0v) is 13.4. The number of carbonyl (C=O) groups is 2. The predicted octanol–water partition coefficient (Wildman–Crippen LogP) is 1.47. The molecule has 0 saturated carbocycles. The van der Waals surface area contributed by atoms with E-state index in [2.05, 4.69) is 15.5 Å². The van der Waals surface area contributed by atoms with Gasteiger partial charge in [0, 0.05) is 0 Å². The fraction of sp³-hybridized carbons (Fsp3) is 0.375. The van der Waals surface area contributed by atoms with Gasteiger partial charge in [-0.15, -0.1) is 0 Å². The van der Waals surface area contributed by atoms with E-state index in [0.29, 0.717) is 11.4 Å². The van der Waals surface area contributed by atoms with Crippen molar-refractivity contribution in [2.75, 3.05) is 6.61 Å². The smallest absolute Gasteiger partial charge is 0.308 e. The third kappa shape index (κ3) is 4.88. The van der Waals surface area contributed by atoms with Gasteiger partial charge in [0.2, 0.25) is 5.91 Å². The number of hydrogen-bond donors (Lipinski definition) is 2. The maximum absolute atomic E-state index is 12.1. The monoisotopic (exact) mass is 333 g/mol. The van der Waals surface area contributed by atoms with Crippen LogP contribution in [0.5, 0.6) is 0 Å². The number of aromatic nitrogens is 2. The molecule has 1 heterocycles. The number of hydrogen-bond acceptors (Lipinski definition) is 6. The summed E-state index contributed by atoms with van der Waals surface area (Å²) in [6, 6.07) is 8.29. The molecule has 0 aliphatic rings. The average Bonchev–Trinajstić information content (AvgIpc) is 2.98. The zero-order valence-electron chi connectivity index (χ0n) is 13.4. The average molecular weight is 333 g/mol. The highest BCUT2D eigenvalue weighted by Crippen LogP contribution is 2.22. The standard InChI is InChI=1S/C16H19N3O5/c1-10(16(21)22)15(12-6-4-3-5-7-12)18-13(20)8-23-9-14-17-11(2)19-24-14/h3-7,10,15H,8-9H2,1-2H3,(H,18,20)(H,21,22). The summed E-state index contributed by atoms with van der Waals surface area (Å²) in [5, 5.41) is 15.6. The first-order valence-corrected chi connectivity index (χ1v) is 7.41. The molecule has 8 heteroatoms. The van der Waals surface area contributed by atoms with Crippen molar-refractivity contribution in [1.82, 2.24) is 15.5 Å². The molecule has 0 fully saturated rings. The van der Waals surface area contributed by atoms with Crippen LogP contribution in [0.2, 0.25) is 0 Å². The Morgan fingerprint density at radius 3 is 2.62 bits per heavy atom. The Morgan fingerprint density at radius 1 is 1.33 bits per heavy atom. The summed E-state index contributed by atoms with van der Waals surface area (Å²) in [7, 11) is 0. The highest BCUT2D eigenvalue weighted by atomic mass is 16.5. The summed E-state index contributed by atoms with van der Waals surface area (Å²) in [5.41, 5.74) is 0.716. The minimum atomic E-state index is -0.994. The first-order valence-electron chi connectivity index (χ1n) is 7.41. The van der Waals surface area contributed by atoms with Gasteiger partial charge in [0.05, 0.1) is 12.0 Å². The van der Waals surface area contributed by atoms with Crippen molar-refractivity contribution in [3.8, 4) is 0 Å². The molecule has 0 aliphatic carbocycles. The van der Waals surface area contributed by atoms with Gasteiger partial charge in [0.25, 0.3) is 5.89 Å². The third-order valence-corrected chi connectivity index (χ3v) is 3.39. The third-order valence-electron chi connectivity index (χ3n) is 3.39. The van der Waals surface area contributed by atoms with Crippen LogP contribution in [0, 0.1) is 12.8 Å². The van der Waals surface area contributed by atoms with E-state index in [-0.39, 0.29) is 19.1 Å². The van der Waals surface area contributed by atoms with Crippen molar-refractivity contribution in [3.63, 3.8) is 0 Å². The quantitative estimate of drug-likeness (QED) is 0.751. The van der Waals surface area contributed by atoms with Crippen LogP contribution < -0.4 is 5.32 Å². The van der Waals surface area contributed by atoms with Gasteiger partial charge in [-0.3, -0.25) is 9.59 Å². The van der Waals surface area contributed by atoms with Gasteiger partial charge in [0.15, 0.2) is 5.82 Å². The molecule has 2 N–H and O–H groups in total. The molecule has 2 unspecified atom stereocenters. The van der Waals surface area contributed by atoms with Crippen LogP contribution in [0.15, 0.2) is 34.9 Å². The summed E-state index contributed by atoms with van der Waals surface area (Å²) in [5.74, 6) is -1.44. The second kappa shape index (κ2) is 8.21. The lowest BCUT2D eigenvalue weighted by Gasteiger charge is -2.22. The fourth-order valence-electron chi connectivity index (χ4n) is 2.14. The summed E-state index contributed by atoms with van der Waals surface area (Å²) >= 11 is 0. The van der Waals surface area contributed by atoms with Crippen molar-refractivity contribution in [2.24, 2.45) is 5.92 Å². The Hall–Kier alpha value is -2.74. The van der Waals surface area contributed by atoms with E-state index >= 15 is 0 Å². The van der Waals surface area contributed by atoms with E-state index < -0.39 is 23.8 Å². The molecular weight excluding hydrogens is 314 g/mol. The van der Waals surface area contributed by atoms with E-state index in [1.54, 1.807) is 38.1 Å². The van der Waals surface area contributed by atoms with Crippen LogP contribution in [0.3, 0.4) is 0 Å². The Morgan fingerprint density at radius 2 is 2.04 bits per heavy atom. The molecule has 24 heavy (non-hydrogen) atoms. The lowest BCUT2D eigenvalue weighted by Crippen LogP contribution is -2.37. The molecule has 0 saturated heterocycles. The molecule has 0 spiro atoms. The van der Waals surface area contributed by atoms with E-state index in [4.69, 9.17) is 9.26 Å². The van der Waals surface area contributed by atoms with Gasteiger partial charge in [-0.2, -0.15) is 4.98 Å². The fourth-order valence-corrected chi connectivity index (χ4v) is 2.14. The maximum atomic E-state index is 12.1. The molecule has 128 valence electrons. The number of benzene rings is 1. The molecule has 1 aromatic carbocycles. The predicted molar refractivity (Wildman–Crippen MR) is 82.8 cm³/mol. The van der Waals surface area contributed by atoms with E-state index in [1.807, 2.05) is 6.07 Å². The molecular formula is C16H19N3O5. The highest BCUT2D eigenvalue weighted by Gasteiger charge is 2.26. The largest absolute Gasteiger partial charge is 0.481 e.